The molecule has 0 saturated heterocycles. The molecule has 0 aliphatic carbocycles. The largest absolute Gasteiger partial charge is 0.417 e. The second kappa shape index (κ2) is 6.28. The molecule has 0 heterocycles. The van der Waals surface area contributed by atoms with Gasteiger partial charge in [0.2, 0.25) is 0 Å². The molecule has 0 amide bonds. The zero-order valence-electron chi connectivity index (χ0n) is 13.5. The molecule has 0 N–H and O–H groups in total. The van der Waals surface area contributed by atoms with E-state index in [1.165, 1.54) is 6.07 Å². The van der Waals surface area contributed by atoms with Crippen LogP contribution in [0.2, 0.25) is 0 Å². The molecule has 3 rings (SSSR count). The third-order valence-electron chi connectivity index (χ3n) is 3.98. The summed E-state index contributed by atoms with van der Waals surface area (Å²) in [6.07, 6.45) is -5.01. The van der Waals surface area contributed by atoms with Crippen molar-refractivity contribution in [1.82, 2.24) is 0 Å². The lowest BCUT2D eigenvalue weighted by atomic mass is 10.1. The average molecular weight is 383 g/mol. The fourth-order valence-electron chi connectivity index (χ4n) is 2.61. The second-order valence-corrected chi connectivity index (χ2v) is 7.58. The third-order valence-corrected chi connectivity index (χ3v) is 5.83. The van der Waals surface area contributed by atoms with E-state index in [0.29, 0.717) is 12.1 Å². The van der Waals surface area contributed by atoms with Crippen molar-refractivity contribution in [3.8, 4) is 0 Å². The molecule has 0 spiro atoms. The topological polar surface area (TPSA) is 37.4 Å². The molecule has 0 aliphatic heterocycles. The highest BCUT2D eigenvalue weighted by Gasteiger charge is 2.39. The van der Waals surface area contributed by atoms with Gasteiger partial charge in [-0.05, 0) is 41.1 Å². The Labute approximate surface area is 147 Å². The van der Waals surface area contributed by atoms with Crippen LogP contribution in [0.1, 0.15) is 5.56 Å². The fraction of sp³-hybridized carbons (Fsp3) is 0.111. The minimum absolute atomic E-state index is 0.182. The van der Waals surface area contributed by atoms with E-state index in [9.17, 15) is 26.0 Å². The Balaban J connectivity index is 2.13. The van der Waals surface area contributed by atoms with Gasteiger partial charge in [-0.2, -0.15) is 13.2 Å². The summed E-state index contributed by atoms with van der Waals surface area (Å²) < 4.78 is 79.1. The fourth-order valence-corrected chi connectivity index (χ4v) is 3.99. The van der Waals surface area contributed by atoms with E-state index in [-0.39, 0.29) is 11.8 Å². The average Bonchev–Trinajstić information content (AvgIpc) is 2.59. The summed E-state index contributed by atoms with van der Waals surface area (Å²) in [5.41, 5.74) is -1.34. The molecule has 0 aliphatic rings. The van der Waals surface area contributed by atoms with Crippen molar-refractivity contribution in [3.05, 3.63) is 72.0 Å². The molecule has 8 heteroatoms. The van der Waals surface area contributed by atoms with Gasteiger partial charge >= 0.3 is 6.18 Å². The normalized spacial score (nSPS) is 12.3. The third kappa shape index (κ3) is 3.24. The van der Waals surface area contributed by atoms with Gasteiger partial charge < -0.3 is 0 Å². The minimum Gasteiger partial charge on any atom is -0.269 e. The first-order chi connectivity index (χ1) is 12.1. The number of nitrogens with zero attached hydrogens (tertiary/aromatic N) is 1. The Morgan fingerprint density at radius 2 is 1.54 bits per heavy atom. The van der Waals surface area contributed by atoms with Gasteiger partial charge in [0.25, 0.3) is 10.0 Å². The molecule has 0 radical (unpaired) electrons. The molecule has 0 atom stereocenters. The van der Waals surface area contributed by atoms with Gasteiger partial charge in [-0.15, -0.1) is 0 Å². The monoisotopic (exact) mass is 383 g/mol. The lowest BCUT2D eigenvalue weighted by Crippen LogP contribution is -2.28. The van der Waals surface area contributed by atoms with Crippen LogP contribution in [-0.2, 0) is 16.2 Å². The second-order valence-electron chi connectivity index (χ2n) is 5.64. The zero-order valence-corrected chi connectivity index (χ0v) is 14.3. The maximum absolute atomic E-state index is 13.3. The van der Waals surface area contributed by atoms with E-state index in [1.807, 2.05) is 12.1 Å². The summed E-state index contributed by atoms with van der Waals surface area (Å²) in [6.45, 7) is 0. The van der Waals surface area contributed by atoms with Crippen molar-refractivity contribution in [2.45, 2.75) is 11.1 Å². The van der Waals surface area contributed by atoms with Crippen LogP contribution >= 0.6 is 0 Å². The van der Waals surface area contributed by atoms with Crippen molar-refractivity contribution in [1.29, 1.82) is 0 Å². The van der Waals surface area contributed by atoms with Crippen molar-refractivity contribution in [3.63, 3.8) is 0 Å². The van der Waals surface area contributed by atoms with E-state index in [0.717, 1.165) is 22.1 Å². The molecule has 26 heavy (non-hydrogen) atoms. The first-order valence-corrected chi connectivity index (χ1v) is 8.89. The summed E-state index contributed by atoms with van der Waals surface area (Å²) in [7, 11) is -3.39. The quantitative estimate of drug-likeness (QED) is 0.608. The number of rotatable bonds is 3. The number of halogens is 4. The molecular formula is C18H13F4NO2S. The Bertz CT molecular complexity index is 1080. The van der Waals surface area contributed by atoms with Crippen molar-refractivity contribution in [2.24, 2.45) is 0 Å². The number of fused-ring (bicyclic) bond motifs is 1. The molecule has 3 aromatic rings. The summed E-state index contributed by atoms with van der Waals surface area (Å²) >= 11 is 0. The van der Waals surface area contributed by atoms with Crippen LogP contribution in [0.4, 0.5) is 23.2 Å². The number of benzene rings is 3. The molecule has 0 fully saturated rings. The van der Waals surface area contributed by atoms with E-state index in [1.54, 1.807) is 24.3 Å². The van der Waals surface area contributed by atoms with Crippen molar-refractivity contribution >= 4 is 26.5 Å². The Kier molecular flexibility index (Phi) is 4.39. The number of hydrogen-bond donors (Lipinski definition) is 0. The van der Waals surface area contributed by atoms with Crippen LogP contribution < -0.4 is 4.31 Å². The van der Waals surface area contributed by atoms with Crippen LogP contribution in [0.3, 0.4) is 0 Å². The van der Waals surface area contributed by atoms with Crippen LogP contribution in [0.15, 0.2) is 65.6 Å². The number of hydrogen-bond acceptors (Lipinski definition) is 2. The minimum atomic E-state index is -5.01. The lowest BCUT2D eigenvalue weighted by molar-refractivity contribution is -0.140. The molecular weight excluding hydrogens is 370 g/mol. The summed E-state index contributed by atoms with van der Waals surface area (Å²) in [5.74, 6) is -1.16. The first kappa shape index (κ1) is 18.2. The van der Waals surface area contributed by atoms with Gasteiger partial charge in [0.15, 0.2) is 0 Å². The predicted molar refractivity (Wildman–Crippen MR) is 90.9 cm³/mol. The summed E-state index contributed by atoms with van der Waals surface area (Å²) in [6, 6.07) is 13.4. The molecule has 0 aromatic heterocycles. The van der Waals surface area contributed by atoms with Gasteiger partial charge in [0.05, 0.1) is 16.1 Å². The molecule has 0 unspecified atom stereocenters. The Morgan fingerprint density at radius 1 is 0.885 bits per heavy atom. The van der Waals surface area contributed by atoms with Gasteiger partial charge in [-0.3, -0.25) is 4.31 Å². The molecule has 3 nitrogen and oxygen atoms in total. The van der Waals surface area contributed by atoms with E-state index in [2.05, 4.69) is 0 Å². The molecule has 136 valence electrons. The Hall–Kier alpha value is -2.61. The maximum atomic E-state index is 13.3. The SMILES string of the molecule is CN(c1ccc2ccccc2c1)S(=O)(=O)c1ccc(F)cc1C(F)(F)F. The number of sulfonamides is 1. The first-order valence-electron chi connectivity index (χ1n) is 7.45. The highest BCUT2D eigenvalue weighted by molar-refractivity contribution is 7.92. The van der Waals surface area contributed by atoms with Gasteiger partial charge in [0.1, 0.15) is 5.82 Å². The van der Waals surface area contributed by atoms with E-state index in [4.69, 9.17) is 0 Å². The lowest BCUT2D eigenvalue weighted by Gasteiger charge is -2.22. The standard InChI is InChI=1S/C18H13F4NO2S/c1-23(15-8-6-12-4-2-3-5-13(12)10-15)26(24,25)17-9-7-14(19)11-16(17)18(20,21)22/h2-11H,1H3. The van der Waals surface area contributed by atoms with Crippen molar-refractivity contribution < 1.29 is 26.0 Å². The summed E-state index contributed by atoms with van der Waals surface area (Å²) in [4.78, 5) is -0.998. The molecule has 0 saturated carbocycles. The highest BCUT2D eigenvalue weighted by Crippen LogP contribution is 2.36. The summed E-state index contributed by atoms with van der Waals surface area (Å²) in [5, 5.41) is 1.60. The Morgan fingerprint density at radius 3 is 2.19 bits per heavy atom. The number of alkyl halides is 3. The van der Waals surface area contributed by atoms with Crippen molar-refractivity contribution in [2.75, 3.05) is 11.4 Å². The molecule has 3 aromatic carbocycles. The van der Waals surface area contributed by atoms with E-state index >= 15 is 0 Å². The van der Waals surface area contributed by atoms with Gasteiger partial charge in [-0.25, -0.2) is 12.8 Å². The van der Waals surface area contributed by atoms with Crippen LogP contribution in [-0.4, -0.2) is 15.5 Å². The predicted octanol–water partition coefficient (Wildman–Crippen LogP) is 4.82. The van der Waals surface area contributed by atoms with Gasteiger partial charge in [-0.1, -0.05) is 30.3 Å². The van der Waals surface area contributed by atoms with Gasteiger partial charge in [0, 0.05) is 7.05 Å². The maximum Gasteiger partial charge on any atom is 0.417 e. The van der Waals surface area contributed by atoms with Crippen LogP contribution in [0, 0.1) is 5.82 Å². The highest BCUT2D eigenvalue weighted by atomic mass is 32.2. The molecule has 0 bridgehead atoms. The van der Waals surface area contributed by atoms with Crippen LogP contribution in [0.5, 0.6) is 0 Å². The van der Waals surface area contributed by atoms with E-state index < -0.39 is 32.5 Å². The zero-order chi connectivity index (χ0) is 19.1. The number of anilines is 1. The van der Waals surface area contributed by atoms with Crippen LogP contribution in [0.25, 0.3) is 10.8 Å². The smallest absolute Gasteiger partial charge is 0.269 e.